The monoisotopic (exact) mass is 914 g/mol. The van der Waals surface area contributed by atoms with Crippen LogP contribution in [0.5, 0.6) is 0 Å². The molecule has 2 aromatic heterocycles. The van der Waals surface area contributed by atoms with E-state index in [1.54, 1.807) is 20.0 Å². The van der Waals surface area contributed by atoms with E-state index in [1.807, 2.05) is 68.4 Å². The van der Waals surface area contributed by atoms with Crippen molar-refractivity contribution in [3.63, 3.8) is 0 Å². The predicted molar refractivity (Wildman–Crippen MR) is 252 cm³/mol. The molecule has 8 rings (SSSR count). The summed E-state index contributed by atoms with van der Waals surface area (Å²) in [6, 6.07) is 24.1. The number of esters is 1. The summed E-state index contributed by atoms with van der Waals surface area (Å²) in [6.45, 7) is 9.18. The second-order valence-electron chi connectivity index (χ2n) is 19.0. The molecule has 3 heterocycles. The number of carbonyl (C=O) groups is 4. The molecule has 1 aliphatic heterocycles. The number of carbonyl (C=O) groups excluding carboxylic acids is 4. The lowest BCUT2D eigenvalue weighted by molar-refractivity contribution is -0.155. The number of aliphatic hydroxyl groups is 1. The molecule has 14 nitrogen and oxygen atoms in total. The predicted octanol–water partition coefficient (Wildman–Crippen LogP) is 8.27. The van der Waals surface area contributed by atoms with E-state index in [9.17, 15) is 29.1 Å². The fourth-order valence-electron chi connectivity index (χ4n) is 9.91. The van der Waals surface area contributed by atoms with Gasteiger partial charge < -0.3 is 34.4 Å². The fourth-order valence-corrected chi connectivity index (χ4v) is 9.91. The van der Waals surface area contributed by atoms with Crippen molar-refractivity contribution < 1.29 is 42.9 Å². The minimum Gasteiger partial charge on any atom is -0.461 e. The quantitative estimate of drug-likeness (QED) is 0.0567. The third-order valence-corrected chi connectivity index (χ3v) is 13.7. The summed E-state index contributed by atoms with van der Waals surface area (Å²) >= 11 is 0. The van der Waals surface area contributed by atoms with E-state index < -0.39 is 66.0 Å². The van der Waals surface area contributed by atoms with Crippen molar-refractivity contribution in [1.29, 1.82) is 0 Å². The van der Waals surface area contributed by atoms with Crippen LogP contribution in [0.15, 0.2) is 94.3 Å². The molecular weight excluding hydrogens is 853 g/mol. The smallest absolute Gasteiger partial charge is 0.407 e. The van der Waals surface area contributed by atoms with Gasteiger partial charge in [0.2, 0.25) is 11.6 Å². The maximum absolute atomic E-state index is 14.2. The Balaban J connectivity index is 0.847. The molecule has 3 aliphatic rings. The second-order valence-corrected chi connectivity index (χ2v) is 19.0. The second kappa shape index (κ2) is 20.8. The van der Waals surface area contributed by atoms with Crippen LogP contribution in [0.4, 0.5) is 4.79 Å². The molecule has 354 valence electrons. The summed E-state index contributed by atoms with van der Waals surface area (Å²) in [5.41, 5.74) is 6.05. The molecule has 5 unspecified atom stereocenters. The number of alkyl carbamates (subject to hydrolysis) is 1. The van der Waals surface area contributed by atoms with Crippen molar-refractivity contribution >= 4 is 34.9 Å². The number of nitrogens with zero attached hydrogens (tertiary/aromatic N) is 2. The number of ketones is 1. The van der Waals surface area contributed by atoms with Gasteiger partial charge in [-0.15, -0.1) is 0 Å². The molecule has 2 aliphatic carbocycles. The lowest BCUT2D eigenvalue weighted by Gasteiger charge is -2.28. The molecule has 1 saturated carbocycles. The highest BCUT2D eigenvalue weighted by atomic mass is 16.6. The molecule has 0 radical (unpaired) electrons. The first kappa shape index (κ1) is 47.4. The average molecular weight is 915 g/mol. The number of aromatic nitrogens is 2. The first-order chi connectivity index (χ1) is 32.3. The third-order valence-electron chi connectivity index (χ3n) is 13.7. The van der Waals surface area contributed by atoms with Crippen molar-refractivity contribution in [3.8, 4) is 22.5 Å². The van der Waals surface area contributed by atoms with Gasteiger partial charge in [0.15, 0.2) is 5.78 Å². The largest absolute Gasteiger partial charge is 0.461 e. The average Bonchev–Trinajstić information content (AvgIpc) is 4.12. The van der Waals surface area contributed by atoms with Gasteiger partial charge in [-0.1, -0.05) is 127 Å². The molecule has 14 heteroatoms. The Morgan fingerprint density at radius 1 is 0.836 bits per heavy atom. The van der Waals surface area contributed by atoms with Gasteiger partial charge in [0, 0.05) is 35.9 Å². The van der Waals surface area contributed by atoms with Gasteiger partial charge in [0.1, 0.15) is 37.3 Å². The highest BCUT2D eigenvalue weighted by molar-refractivity contribution is 5.95. The molecule has 1 saturated heterocycles. The molecule has 2 amide bonds. The summed E-state index contributed by atoms with van der Waals surface area (Å²) in [7, 11) is 0. The number of rotatable bonds is 18. The summed E-state index contributed by atoms with van der Waals surface area (Å²) < 4.78 is 24.8. The van der Waals surface area contributed by atoms with Crippen LogP contribution in [0.25, 0.3) is 33.6 Å². The van der Waals surface area contributed by atoms with Gasteiger partial charge >= 0.3 is 17.8 Å². The molecule has 0 bridgehead atoms. The van der Waals surface area contributed by atoms with E-state index >= 15 is 0 Å². The van der Waals surface area contributed by atoms with Crippen LogP contribution in [0, 0.1) is 23.7 Å². The topological polar surface area (TPSA) is 188 Å². The normalized spacial score (nSPS) is 21.0. The number of amides is 2. The zero-order valence-corrected chi connectivity index (χ0v) is 38.9. The Hall–Kier alpha value is -6.12. The van der Waals surface area contributed by atoms with Crippen LogP contribution < -0.4 is 16.3 Å². The number of ether oxygens (including phenoxy) is 3. The number of benzene rings is 3. The van der Waals surface area contributed by atoms with Crippen LogP contribution in [-0.4, -0.2) is 75.9 Å². The number of hydrogen-bond acceptors (Lipinski definition) is 11. The van der Waals surface area contributed by atoms with E-state index in [0.29, 0.717) is 30.4 Å². The van der Waals surface area contributed by atoms with E-state index in [-0.39, 0.29) is 48.9 Å². The minimum atomic E-state index is -1.07. The summed E-state index contributed by atoms with van der Waals surface area (Å²) in [4.78, 5) is 72.3. The fraction of sp³-hybridized carbons (Fsp3) is 0.472. The Labute approximate surface area is 390 Å². The highest BCUT2D eigenvalue weighted by Gasteiger charge is 2.44. The van der Waals surface area contributed by atoms with Crippen molar-refractivity contribution in [1.82, 2.24) is 20.2 Å². The number of aliphatic hydroxyl groups excluding tert-OH is 1. The van der Waals surface area contributed by atoms with E-state index in [1.165, 1.54) is 16.6 Å². The molecule has 3 aromatic carbocycles. The van der Waals surface area contributed by atoms with Crippen molar-refractivity contribution in [3.05, 3.63) is 112 Å². The van der Waals surface area contributed by atoms with Crippen molar-refractivity contribution in [2.24, 2.45) is 23.7 Å². The van der Waals surface area contributed by atoms with Gasteiger partial charge in [0.05, 0.1) is 17.5 Å². The zero-order valence-electron chi connectivity index (χ0n) is 38.9. The lowest BCUT2D eigenvalue weighted by atomic mass is 9.84. The molecular formula is C53H62N4O10. The van der Waals surface area contributed by atoms with Gasteiger partial charge in [-0.25, -0.2) is 14.4 Å². The molecule has 2 fully saturated rings. The number of furan rings is 1. The van der Waals surface area contributed by atoms with Crippen LogP contribution in [0.3, 0.4) is 0 Å². The van der Waals surface area contributed by atoms with Crippen LogP contribution in [0.2, 0.25) is 0 Å². The lowest BCUT2D eigenvalue weighted by Crippen LogP contribution is -2.51. The molecule has 67 heavy (non-hydrogen) atoms. The number of aryl methyl sites for hydroxylation is 1. The number of Topliss-reactive ketones (excluding diaryl/α,β-unsaturated/α-hetero) is 1. The van der Waals surface area contributed by atoms with Crippen molar-refractivity contribution in [2.75, 3.05) is 13.2 Å². The zero-order chi connectivity index (χ0) is 47.4. The minimum absolute atomic E-state index is 0.0501. The Morgan fingerprint density at radius 3 is 2.18 bits per heavy atom. The van der Waals surface area contributed by atoms with Crippen LogP contribution in [0.1, 0.15) is 108 Å². The summed E-state index contributed by atoms with van der Waals surface area (Å²) in [5.74, 6) is -3.06. The number of nitrogens with one attached hydrogen (secondary N) is 2. The van der Waals surface area contributed by atoms with Gasteiger partial charge in [-0.05, 0) is 71.4 Å². The first-order valence-electron chi connectivity index (χ1n) is 23.9. The molecule has 5 aromatic rings. The van der Waals surface area contributed by atoms with Gasteiger partial charge in [0.25, 0.3) is 0 Å². The number of fused-ring (bicyclic) bond motifs is 4. The maximum atomic E-state index is 14.2. The summed E-state index contributed by atoms with van der Waals surface area (Å²) in [5, 5.41) is 17.2. The van der Waals surface area contributed by atoms with E-state index in [4.69, 9.17) is 18.6 Å². The van der Waals surface area contributed by atoms with Crippen molar-refractivity contribution in [2.45, 2.75) is 122 Å². The Morgan fingerprint density at radius 2 is 1.51 bits per heavy atom. The van der Waals surface area contributed by atoms with Gasteiger partial charge in [-0.2, -0.15) is 4.98 Å². The standard InChI is InChI=1S/C53H62N4O10/c1-6-7-8-14-32-21-23-33(24-22-32)43-25-34-27-57(52(62)56-50(34)67-43)45-26-42(58)44(66-45)29-64-51(61)47(31(4)5)54-49(60)40-20-13-19-39(40)48(59)46(30(2)3)55-53(63)65-28-41-37-17-11-9-15-35(37)36-16-10-12-18-38(36)41/h9-12,15-18,21-25,27,30-31,39-42,44-47,58H,6-8,13-14,19-20,26,28-29H2,1-5H3,(H,54,60)(H,55,63)/t39?,40?,42?,44-,45-,46?,47?/m1/s1. The SMILES string of the molecule is CCCCCc1ccc(-c2cc3cn([C@H]4CC(O)[C@@H](COC(=O)C(NC(=O)C5CCCC5C(=O)C(NC(=O)OCC5c6ccccc6-c6ccccc65)C(C)C)C(C)C)O4)c(=O)nc3o2)cc1. The van der Waals surface area contributed by atoms with Gasteiger partial charge in [-0.3, -0.25) is 14.2 Å². The summed E-state index contributed by atoms with van der Waals surface area (Å²) in [6.07, 6.45) is 4.05. The maximum Gasteiger partial charge on any atom is 0.407 e. The van der Waals surface area contributed by atoms with E-state index in [2.05, 4.69) is 46.8 Å². The first-order valence-corrected chi connectivity index (χ1v) is 23.9. The molecule has 7 atom stereocenters. The van der Waals surface area contributed by atoms with Crippen LogP contribution in [-0.2, 0) is 35.0 Å². The Kier molecular flexibility index (Phi) is 14.7. The highest BCUT2D eigenvalue weighted by Crippen LogP contribution is 2.44. The molecule has 3 N–H and O–H groups in total. The third kappa shape index (κ3) is 10.4. The number of hydrogen-bond donors (Lipinski definition) is 3. The van der Waals surface area contributed by atoms with Crippen LogP contribution >= 0.6 is 0 Å². The number of unbranched alkanes of at least 4 members (excludes halogenated alkanes) is 2. The van der Waals surface area contributed by atoms with E-state index in [0.717, 1.165) is 47.1 Å². The Bertz CT molecular complexity index is 2590. The molecule has 0 spiro atoms.